The normalized spacial score (nSPS) is 20.0. The van der Waals surface area contributed by atoms with E-state index in [-0.39, 0.29) is 10.6 Å². The molecule has 0 radical (unpaired) electrons. The van der Waals surface area contributed by atoms with Crippen LogP contribution in [0.3, 0.4) is 0 Å². The van der Waals surface area contributed by atoms with Crippen molar-refractivity contribution in [1.82, 2.24) is 0 Å². The average molecular weight is 346 g/mol. The Kier molecular flexibility index (Phi) is 4.63. The van der Waals surface area contributed by atoms with Crippen molar-refractivity contribution in [2.45, 2.75) is 20.0 Å². The molecule has 0 aliphatic carbocycles. The van der Waals surface area contributed by atoms with Crippen LogP contribution in [0.4, 0.5) is 5.69 Å². The summed E-state index contributed by atoms with van der Waals surface area (Å²) in [7, 11) is -0.583. The van der Waals surface area contributed by atoms with Crippen molar-refractivity contribution < 1.29 is 14.2 Å². The van der Waals surface area contributed by atoms with Gasteiger partial charge >= 0.3 is 7.12 Å². The lowest BCUT2D eigenvalue weighted by Gasteiger charge is -2.41. The third-order valence-corrected chi connectivity index (χ3v) is 4.39. The molecular formula is C17H17BClNO4. The van der Waals surface area contributed by atoms with E-state index in [1.807, 2.05) is 26.0 Å². The smallest absolute Gasteiger partial charge is 0.407 e. The SMILES string of the molecule is CC1(C)COB(c2ccc(Cl)cc2)OC1c1ccccc1[N+](=O)[O-]. The number of halogens is 1. The molecule has 0 amide bonds. The number of hydrogen-bond acceptors (Lipinski definition) is 4. The lowest BCUT2D eigenvalue weighted by atomic mass is 9.72. The largest absolute Gasteiger partial charge is 0.494 e. The van der Waals surface area contributed by atoms with Gasteiger partial charge in [-0.05, 0) is 23.7 Å². The zero-order valence-corrected chi connectivity index (χ0v) is 14.2. The standard InChI is InChI=1S/C17H17BClNO4/c1-17(2)11-23-18(12-7-9-13(19)10-8-12)24-16(17)14-5-3-4-6-15(14)20(21)22/h3-10,16H,11H2,1-2H3. The Morgan fingerprint density at radius 1 is 1.21 bits per heavy atom. The van der Waals surface area contributed by atoms with E-state index >= 15 is 0 Å². The molecule has 1 aliphatic heterocycles. The minimum absolute atomic E-state index is 0.0623. The second-order valence-electron chi connectivity index (χ2n) is 6.52. The molecule has 1 atom stereocenters. The molecule has 0 bridgehead atoms. The summed E-state index contributed by atoms with van der Waals surface area (Å²) in [6, 6.07) is 13.9. The van der Waals surface area contributed by atoms with E-state index < -0.39 is 18.6 Å². The first-order chi connectivity index (χ1) is 11.4. The van der Waals surface area contributed by atoms with Gasteiger partial charge in [-0.15, -0.1) is 0 Å². The Bertz CT molecular complexity index is 751. The summed E-state index contributed by atoms with van der Waals surface area (Å²) in [5.41, 5.74) is 1.07. The molecule has 2 aromatic rings. The highest BCUT2D eigenvalue weighted by Crippen LogP contribution is 2.43. The van der Waals surface area contributed by atoms with E-state index in [1.165, 1.54) is 6.07 Å². The van der Waals surface area contributed by atoms with Crippen LogP contribution in [-0.2, 0) is 9.31 Å². The predicted octanol–water partition coefficient (Wildman–Crippen LogP) is 3.76. The van der Waals surface area contributed by atoms with Crippen molar-refractivity contribution in [3.8, 4) is 0 Å². The van der Waals surface area contributed by atoms with Gasteiger partial charge in [0.1, 0.15) is 0 Å². The van der Waals surface area contributed by atoms with Gasteiger partial charge in [-0.1, -0.05) is 49.7 Å². The van der Waals surface area contributed by atoms with Crippen LogP contribution >= 0.6 is 11.6 Å². The Labute approximate surface area is 145 Å². The van der Waals surface area contributed by atoms with Gasteiger partial charge in [0, 0.05) is 23.1 Å². The monoisotopic (exact) mass is 345 g/mol. The van der Waals surface area contributed by atoms with Crippen LogP contribution in [0, 0.1) is 15.5 Å². The van der Waals surface area contributed by atoms with Crippen LogP contribution in [0.25, 0.3) is 0 Å². The van der Waals surface area contributed by atoms with Crippen LogP contribution in [0.2, 0.25) is 5.02 Å². The zero-order chi connectivity index (χ0) is 17.3. The maximum Gasteiger partial charge on any atom is 0.494 e. The van der Waals surface area contributed by atoms with E-state index in [9.17, 15) is 10.1 Å². The predicted molar refractivity (Wildman–Crippen MR) is 93.5 cm³/mol. The number of nitro benzene ring substituents is 1. The Hall–Kier alpha value is -1.89. The summed E-state index contributed by atoms with van der Waals surface area (Å²) < 4.78 is 12.0. The van der Waals surface area contributed by atoms with Gasteiger partial charge in [0.25, 0.3) is 5.69 Å². The van der Waals surface area contributed by atoms with Crippen LogP contribution in [-0.4, -0.2) is 18.6 Å². The molecule has 0 aromatic heterocycles. The molecule has 7 heteroatoms. The van der Waals surface area contributed by atoms with Gasteiger partial charge in [0.2, 0.25) is 0 Å². The maximum atomic E-state index is 11.4. The lowest BCUT2D eigenvalue weighted by molar-refractivity contribution is -0.386. The third kappa shape index (κ3) is 3.31. The van der Waals surface area contributed by atoms with Crippen LogP contribution < -0.4 is 5.46 Å². The number of nitro groups is 1. The minimum atomic E-state index is -0.583. The molecule has 1 saturated heterocycles. The molecule has 0 spiro atoms. The van der Waals surface area contributed by atoms with E-state index in [0.29, 0.717) is 17.2 Å². The molecule has 1 heterocycles. The molecule has 124 valence electrons. The number of nitrogens with zero attached hydrogens (tertiary/aromatic N) is 1. The highest BCUT2D eigenvalue weighted by atomic mass is 35.5. The first kappa shape index (κ1) is 17.0. The number of hydrogen-bond donors (Lipinski definition) is 0. The molecule has 1 fully saturated rings. The summed E-state index contributed by atoms with van der Waals surface area (Å²) in [5.74, 6) is 0. The molecule has 3 rings (SSSR count). The van der Waals surface area contributed by atoms with Crippen molar-refractivity contribution in [2.24, 2.45) is 5.41 Å². The molecule has 2 aromatic carbocycles. The highest BCUT2D eigenvalue weighted by molar-refractivity contribution is 6.61. The molecule has 24 heavy (non-hydrogen) atoms. The maximum absolute atomic E-state index is 11.4. The summed E-state index contributed by atoms with van der Waals surface area (Å²) in [6.45, 7) is 4.38. The fourth-order valence-electron chi connectivity index (χ4n) is 2.88. The minimum Gasteiger partial charge on any atom is -0.407 e. The van der Waals surface area contributed by atoms with Gasteiger partial charge in [-0.25, -0.2) is 0 Å². The molecule has 1 aliphatic rings. The van der Waals surface area contributed by atoms with E-state index in [2.05, 4.69) is 0 Å². The fourth-order valence-corrected chi connectivity index (χ4v) is 3.00. The van der Waals surface area contributed by atoms with E-state index in [0.717, 1.165) is 5.46 Å². The lowest BCUT2D eigenvalue weighted by Crippen LogP contribution is -2.49. The van der Waals surface area contributed by atoms with Gasteiger partial charge in [-0.2, -0.15) is 0 Å². The topological polar surface area (TPSA) is 61.6 Å². The molecule has 0 saturated carbocycles. The first-order valence-electron chi connectivity index (χ1n) is 7.64. The van der Waals surface area contributed by atoms with Crippen molar-refractivity contribution in [3.05, 3.63) is 69.2 Å². The second-order valence-corrected chi connectivity index (χ2v) is 6.95. The number of para-hydroxylation sites is 1. The first-order valence-corrected chi connectivity index (χ1v) is 8.02. The van der Waals surface area contributed by atoms with Crippen molar-refractivity contribution in [1.29, 1.82) is 0 Å². The second kappa shape index (κ2) is 6.55. The van der Waals surface area contributed by atoms with Gasteiger partial charge in [0.15, 0.2) is 0 Å². The third-order valence-electron chi connectivity index (χ3n) is 4.13. The molecule has 0 N–H and O–H groups in total. The summed E-state index contributed by atoms with van der Waals surface area (Å²) >= 11 is 5.92. The van der Waals surface area contributed by atoms with Crippen LogP contribution in [0.5, 0.6) is 0 Å². The van der Waals surface area contributed by atoms with Crippen molar-refractivity contribution >= 4 is 29.9 Å². The summed E-state index contributed by atoms with van der Waals surface area (Å²) in [5, 5.41) is 12.0. The molecule has 5 nitrogen and oxygen atoms in total. The number of rotatable bonds is 3. The highest BCUT2D eigenvalue weighted by Gasteiger charge is 2.44. The van der Waals surface area contributed by atoms with Crippen molar-refractivity contribution in [3.63, 3.8) is 0 Å². The summed E-state index contributed by atoms with van der Waals surface area (Å²) in [6.07, 6.45) is -0.450. The van der Waals surface area contributed by atoms with Gasteiger partial charge < -0.3 is 9.31 Å². The zero-order valence-electron chi connectivity index (χ0n) is 13.4. The quantitative estimate of drug-likeness (QED) is 0.483. The van der Waals surface area contributed by atoms with E-state index in [4.69, 9.17) is 20.9 Å². The fraction of sp³-hybridized carbons (Fsp3) is 0.294. The Morgan fingerprint density at radius 3 is 2.54 bits per heavy atom. The Balaban J connectivity index is 1.96. The number of benzene rings is 2. The van der Waals surface area contributed by atoms with Crippen LogP contribution in [0.15, 0.2) is 48.5 Å². The molecule has 1 unspecified atom stereocenters. The Morgan fingerprint density at radius 2 is 1.88 bits per heavy atom. The summed E-state index contributed by atoms with van der Waals surface area (Å²) in [4.78, 5) is 11.0. The van der Waals surface area contributed by atoms with Gasteiger partial charge in [0.05, 0.1) is 16.6 Å². The van der Waals surface area contributed by atoms with Crippen molar-refractivity contribution in [2.75, 3.05) is 6.61 Å². The molecular weight excluding hydrogens is 328 g/mol. The van der Waals surface area contributed by atoms with E-state index in [1.54, 1.807) is 30.3 Å². The van der Waals surface area contributed by atoms with Gasteiger partial charge in [-0.3, -0.25) is 10.1 Å². The van der Waals surface area contributed by atoms with Crippen LogP contribution in [0.1, 0.15) is 25.5 Å². The average Bonchev–Trinajstić information content (AvgIpc) is 2.55.